The minimum Gasteiger partial charge on any atom is -0.478 e. The fourth-order valence-electron chi connectivity index (χ4n) is 3.29. The Morgan fingerprint density at radius 2 is 1.80 bits per heavy atom. The number of carboxylic acids is 1. The van der Waals surface area contributed by atoms with Crippen LogP contribution in [-0.2, 0) is 9.47 Å². The van der Waals surface area contributed by atoms with Crippen LogP contribution in [-0.4, -0.2) is 85.4 Å². The number of rotatable bonds is 4. The Hall–Kier alpha value is -1.96. The summed E-state index contributed by atoms with van der Waals surface area (Å²) in [7, 11) is 0. The van der Waals surface area contributed by atoms with E-state index in [1.165, 1.54) is 6.07 Å². The fourth-order valence-corrected chi connectivity index (χ4v) is 3.29. The first-order valence-corrected chi connectivity index (χ1v) is 8.68. The van der Waals surface area contributed by atoms with Crippen molar-refractivity contribution in [3.8, 4) is 0 Å². The predicted octanol–water partition coefficient (Wildman–Crippen LogP) is 0.948. The molecule has 0 aromatic heterocycles. The van der Waals surface area contributed by atoms with Gasteiger partial charge in [-0.05, 0) is 18.6 Å². The number of carboxylic acid groups (broad SMARTS) is 1. The molecule has 0 saturated carbocycles. The molecule has 1 N–H and O–H groups in total. The van der Waals surface area contributed by atoms with Crippen molar-refractivity contribution in [3.05, 3.63) is 35.4 Å². The normalized spacial score (nSPS) is 22.4. The largest absolute Gasteiger partial charge is 0.478 e. The Morgan fingerprint density at radius 3 is 2.52 bits per heavy atom. The van der Waals surface area contributed by atoms with Crippen molar-refractivity contribution in [1.82, 2.24) is 9.80 Å². The minimum absolute atomic E-state index is 0.0439. The number of benzene rings is 1. The second kappa shape index (κ2) is 8.42. The van der Waals surface area contributed by atoms with Crippen LogP contribution in [0.25, 0.3) is 0 Å². The van der Waals surface area contributed by atoms with Gasteiger partial charge in [-0.25, -0.2) is 4.79 Å². The molecule has 0 bridgehead atoms. The average molecular weight is 348 g/mol. The zero-order valence-corrected chi connectivity index (χ0v) is 14.2. The summed E-state index contributed by atoms with van der Waals surface area (Å²) in [5.74, 6) is -1.32. The number of hydrogen-bond donors (Lipinski definition) is 1. The van der Waals surface area contributed by atoms with Crippen molar-refractivity contribution in [2.24, 2.45) is 0 Å². The first-order chi connectivity index (χ1) is 12.1. The zero-order chi connectivity index (χ0) is 17.6. The van der Waals surface area contributed by atoms with Gasteiger partial charge in [-0.1, -0.05) is 12.1 Å². The first kappa shape index (κ1) is 17.8. The van der Waals surface area contributed by atoms with E-state index in [-0.39, 0.29) is 23.1 Å². The molecule has 1 atom stereocenters. The third-order valence-electron chi connectivity index (χ3n) is 4.59. The van der Waals surface area contributed by atoms with E-state index in [1.54, 1.807) is 23.1 Å². The number of aromatic carboxylic acids is 1. The first-order valence-electron chi connectivity index (χ1n) is 8.68. The lowest BCUT2D eigenvalue weighted by molar-refractivity contribution is -0.0112. The molecular weight excluding hydrogens is 324 g/mol. The van der Waals surface area contributed by atoms with Gasteiger partial charge in [0.15, 0.2) is 0 Å². The van der Waals surface area contributed by atoms with Gasteiger partial charge in [0.1, 0.15) is 0 Å². The number of carbonyl (C=O) groups is 2. The van der Waals surface area contributed by atoms with Gasteiger partial charge in [-0.3, -0.25) is 9.69 Å². The molecule has 2 aliphatic rings. The fraction of sp³-hybridized carbons (Fsp3) is 0.556. The minimum atomic E-state index is -1.08. The van der Waals surface area contributed by atoms with Crippen LogP contribution >= 0.6 is 0 Å². The monoisotopic (exact) mass is 348 g/mol. The highest BCUT2D eigenvalue weighted by Crippen LogP contribution is 2.16. The van der Waals surface area contributed by atoms with Gasteiger partial charge in [0.2, 0.25) is 0 Å². The maximum absolute atomic E-state index is 12.9. The summed E-state index contributed by atoms with van der Waals surface area (Å²) in [4.78, 5) is 28.3. The predicted molar refractivity (Wildman–Crippen MR) is 90.9 cm³/mol. The van der Waals surface area contributed by atoms with E-state index >= 15 is 0 Å². The van der Waals surface area contributed by atoms with E-state index < -0.39 is 5.97 Å². The summed E-state index contributed by atoms with van der Waals surface area (Å²) in [6.45, 7) is 5.61. The van der Waals surface area contributed by atoms with Crippen molar-refractivity contribution >= 4 is 11.9 Å². The van der Waals surface area contributed by atoms with Crippen LogP contribution in [0.1, 0.15) is 27.1 Å². The molecule has 3 rings (SSSR count). The van der Waals surface area contributed by atoms with Crippen LogP contribution in [0.2, 0.25) is 0 Å². The van der Waals surface area contributed by atoms with E-state index in [2.05, 4.69) is 4.90 Å². The topological polar surface area (TPSA) is 79.3 Å². The SMILES string of the molecule is O=C(O)c1ccccc1C(=O)N1CCCOC(CN2CCOCC2)C1. The highest BCUT2D eigenvalue weighted by molar-refractivity contribution is 6.04. The summed E-state index contributed by atoms with van der Waals surface area (Å²) < 4.78 is 11.3. The molecule has 7 nitrogen and oxygen atoms in total. The van der Waals surface area contributed by atoms with Gasteiger partial charge in [0.05, 0.1) is 30.4 Å². The van der Waals surface area contributed by atoms with Crippen molar-refractivity contribution in [1.29, 1.82) is 0 Å². The Bertz CT molecular complexity index is 615. The lowest BCUT2D eigenvalue weighted by atomic mass is 10.1. The summed E-state index contributed by atoms with van der Waals surface area (Å²) >= 11 is 0. The van der Waals surface area contributed by atoms with Crippen LogP contribution < -0.4 is 0 Å². The van der Waals surface area contributed by atoms with Crippen molar-refractivity contribution in [2.75, 3.05) is 52.5 Å². The number of amides is 1. The number of ether oxygens (including phenoxy) is 2. The maximum Gasteiger partial charge on any atom is 0.336 e. The molecule has 0 aliphatic carbocycles. The van der Waals surface area contributed by atoms with Gasteiger partial charge >= 0.3 is 5.97 Å². The molecule has 0 spiro atoms. The Kier molecular flexibility index (Phi) is 6.01. The number of morpholine rings is 1. The smallest absolute Gasteiger partial charge is 0.336 e. The molecule has 7 heteroatoms. The zero-order valence-electron chi connectivity index (χ0n) is 14.2. The van der Waals surface area contributed by atoms with Gasteiger partial charge in [-0.15, -0.1) is 0 Å². The molecule has 1 amide bonds. The number of nitrogens with zero attached hydrogens (tertiary/aromatic N) is 2. The molecule has 25 heavy (non-hydrogen) atoms. The van der Waals surface area contributed by atoms with Crippen molar-refractivity contribution in [3.63, 3.8) is 0 Å². The number of hydrogen-bond acceptors (Lipinski definition) is 5. The third kappa shape index (κ3) is 4.56. The highest BCUT2D eigenvalue weighted by Gasteiger charge is 2.27. The quantitative estimate of drug-likeness (QED) is 0.873. The van der Waals surface area contributed by atoms with Gasteiger partial charge in [0.25, 0.3) is 5.91 Å². The summed E-state index contributed by atoms with van der Waals surface area (Å²) in [5.41, 5.74) is 0.282. The second-order valence-corrected chi connectivity index (χ2v) is 6.36. The van der Waals surface area contributed by atoms with Crippen LogP contribution in [0.15, 0.2) is 24.3 Å². The molecule has 1 aromatic carbocycles. The van der Waals surface area contributed by atoms with E-state index in [0.717, 1.165) is 39.3 Å². The van der Waals surface area contributed by atoms with Crippen LogP contribution in [0.4, 0.5) is 0 Å². The lowest BCUT2D eigenvalue weighted by Crippen LogP contribution is -2.46. The van der Waals surface area contributed by atoms with Crippen LogP contribution in [0, 0.1) is 0 Å². The van der Waals surface area contributed by atoms with Crippen LogP contribution in [0.5, 0.6) is 0 Å². The lowest BCUT2D eigenvalue weighted by Gasteiger charge is -2.31. The van der Waals surface area contributed by atoms with Gasteiger partial charge < -0.3 is 19.5 Å². The van der Waals surface area contributed by atoms with E-state index in [0.29, 0.717) is 19.7 Å². The molecule has 136 valence electrons. The summed E-state index contributed by atoms with van der Waals surface area (Å²) in [6, 6.07) is 6.37. The average Bonchev–Trinajstić information content (AvgIpc) is 2.87. The van der Waals surface area contributed by atoms with Crippen molar-refractivity contribution in [2.45, 2.75) is 12.5 Å². The van der Waals surface area contributed by atoms with Crippen LogP contribution in [0.3, 0.4) is 0 Å². The second-order valence-electron chi connectivity index (χ2n) is 6.36. The Labute approximate surface area is 147 Å². The molecule has 2 heterocycles. The Morgan fingerprint density at radius 1 is 1.08 bits per heavy atom. The molecule has 0 radical (unpaired) electrons. The molecule has 2 saturated heterocycles. The molecule has 1 unspecified atom stereocenters. The summed E-state index contributed by atoms with van der Waals surface area (Å²) in [6.07, 6.45) is 0.683. The highest BCUT2D eigenvalue weighted by atomic mass is 16.5. The standard InChI is InChI=1S/C18H24N2O5/c21-17(15-4-1-2-5-16(15)18(22)23)20-6-3-9-25-14(13-20)12-19-7-10-24-11-8-19/h1-2,4-5,14H,3,6-13H2,(H,22,23). The maximum atomic E-state index is 12.9. The molecular formula is C18H24N2O5. The van der Waals surface area contributed by atoms with E-state index in [1.807, 2.05) is 0 Å². The molecule has 2 aliphatic heterocycles. The van der Waals surface area contributed by atoms with Gasteiger partial charge in [-0.2, -0.15) is 0 Å². The van der Waals surface area contributed by atoms with E-state index in [4.69, 9.17) is 9.47 Å². The molecule has 2 fully saturated rings. The van der Waals surface area contributed by atoms with Crippen molar-refractivity contribution < 1.29 is 24.2 Å². The number of carbonyl (C=O) groups excluding carboxylic acids is 1. The summed E-state index contributed by atoms with van der Waals surface area (Å²) in [5, 5.41) is 9.32. The van der Waals surface area contributed by atoms with Gasteiger partial charge in [0, 0.05) is 39.3 Å². The Balaban J connectivity index is 1.70. The third-order valence-corrected chi connectivity index (χ3v) is 4.59. The molecule has 1 aromatic rings. The van der Waals surface area contributed by atoms with E-state index in [9.17, 15) is 14.7 Å².